The molecule has 0 heterocycles. The molecular weight excluding hydrogens is 330 g/mol. The predicted molar refractivity (Wildman–Crippen MR) is 87.5 cm³/mol. The minimum absolute atomic E-state index is 0. The average molecular weight is 348 g/mol. The first-order valence-electron chi connectivity index (χ1n) is 5.23. The summed E-state index contributed by atoms with van der Waals surface area (Å²) in [5, 5.41) is 3.71. The Labute approximate surface area is 136 Å². The van der Waals surface area contributed by atoms with Gasteiger partial charge >= 0.3 is 0 Å². The van der Waals surface area contributed by atoms with Crippen LogP contribution in [0.15, 0.2) is 12.1 Å². The fraction of sp³-hybridized carbons (Fsp3) is 0.417. The van der Waals surface area contributed by atoms with Gasteiger partial charge in [0.2, 0.25) is 0 Å². The highest BCUT2D eigenvalue weighted by atomic mass is 35.5. The molecule has 0 aromatic heterocycles. The number of nitrogens with two attached hydrogens (primary N) is 1. The molecule has 0 fully saturated rings. The third-order valence-corrected chi connectivity index (χ3v) is 2.81. The number of ketones is 1. The lowest BCUT2D eigenvalue weighted by Crippen LogP contribution is -2.39. The zero-order valence-corrected chi connectivity index (χ0v) is 14.1. The van der Waals surface area contributed by atoms with E-state index in [9.17, 15) is 4.79 Å². The molecule has 19 heavy (non-hydrogen) atoms. The number of Topliss-reactive ketones (excluding diaryl/α,β-unsaturated/α-hetero) is 1. The highest BCUT2D eigenvalue weighted by Gasteiger charge is 2.14. The van der Waals surface area contributed by atoms with Gasteiger partial charge in [-0.15, -0.1) is 24.8 Å². The Bertz CT molecular complexity index is 421. The van der Waals surface area contributed by atoms with Crippen LogP contribution in [0.3, 0.4) is 0 Å². The van der Waals surface area contributed by atoms with Gasteiger partial charge in [0.15, 0.2) is 5.78 Å². The number of halogens is 4. The average Bonchev–Trinajstić information content (AvgIpc) is 2.20. The highest BCUT2D eigenvalue weighted by Crippen LogP contribution is 2.28. The molecule has 0 atom stereocenters. The lowest BCUT2D eigenvalue weighted by molar-refractivity contribution is 0.0982. The van der Waals surface area contributed by atoms with Crippen LogP contribution in [0.1, 0.15) is 31.1 Å². The number of nitrogen functional groups attached to an aromatic ring is 1. The van der Waals surface area contributed by atoms with Gasteiger partial charge in [-0.25, -0.2) is 0 Å². The van der Waals surface area contributed by atoms with Crippen molar-refractivity contribution in [1.29, 1.82) is 0 Å². The van der Waals surface area contributed by atoms with Gasteiger partial charge < -0.3 is 11.1 Å². The van der Waals surface area contributed by atoms with E-state index in [2.05, 4.69) is 5.32 Å². The molecule has 110 valence electrons. The second-order valence-corrected chi connectivity index (χ2v) is 5.69. The predicted octanol–water partition coefficient (Wildman–Crippen LogP) is 3.99. The summed E-state index contributed by atoms with van der Waals surface area (Å²) in [6.07, 6.45) is 0. The molecule has 0 saturated heterocycles. The number of carbonyl (C=O) groups excluding carboxylic acids is 1. The summed E-state index contributed by atoms with van der Waals surface area (Å²) < 4.78 is 0. The second-order valence-electron chi connectivity index (χ2n) is 4.88. The number of benzene rings is 1. The van der Waals surface area contributed by atoms with Gasteiger partial charge in [0, 0.05) is 11.1 Å². The SMILES string of the molecule is CC(C)(C)NCC(=O)c1cc(Cl)c(N)c(Cl)c1.Cl.Cl. The smallest absolute Gasteiger partial charge is 0.176 e. The minimum atomic E-state index is -0.114. The zero-order chi connectivity index (χ0) is 13.2. The van der Waals surface area contributed by atoms with E-state index in [1.165, 1.54) is 12.1 Å². The van der Waals surface area contributed by atoms with Crippen LogP contribution in [0.2, 0.25) is 10.0 Å². The lowest BCUT2D eigenvalue weighted by Gasteiger charge is -2.19. The van der Waals surface area contributed by atoms with Crippen molar-refractivity contribution in [2.24, 2.45) is 0 Å². The van der Waals surface area contributed by atoms with Gasteiger partial charge in [-0.05, 0) is 32.9 Å². The molecule has 1 rings (SSSR count). The summed E-state index contributed by atoms with van der Waals surface area (Å²) in [6, 6.07) is 3.07. The molecule has 0 aliphatic carbocycles. The molecule has 0 aliphatic heterocycles. The molecule has 7 heteroatoms. The fourth-order valence-corrected chi connectivity index (χ4v) is 1.68. The van der Waals surface area contributed by atoms with Crippen molar-refractivity contribution in [2.45, 2.75) is 26.3 Å². The summed E-state index contributed by atoms with van der Waals surface area (Å²) in [4.78, 5) is 11.9. The Hall–Kier alpha value is -0.190. The zero-order valence-electron chi connectivity index (χ0n) is 10.9. The molecule has 0 aliphatic rings. The van der Waals surface area contributed by atoms with Crippen molar-refractivity contribution in [3.8, 4) is 0 Å². The van der Waals surface area contributed by atoms with E-state index < -0.39 is 0 Å². The first-order chi connectivity index (χ1) is 7.70. The Balaban J connectivity index is 0. The van der Waals surface area contributed by atoms with Gasteiger partial charge in [0.05, 0.1) is 22.3 Å². The van der Waals surface area contributed by atoms with Crippen LogP contribution in [0.5, 0.6) is 0 Å². The van der Waals surface area contributed by atoms with Crippen molar-refractivity contribution >= 4 is 59.5 Å². The quantitative estimate of drug-likeness (QED) is 0.642. The Kier molecular flexibility index (Phi) is 9.09. The van der Waals surface area contributed by atoms with Crippen LogP contribution in [0, 0.1) is 0 Å². The maximum absolute atomic E-state index is 11.9. The number of rotatable bonds is 3. The van der Waals surface area contributed by atoms with Crippen LogP contribution < -0.4 is 11.1 Å². The van der Waals surface area contributed by atoms with Gasteiger partial charge in [-0.2, -0.15) is 0 Å². The topological polar surface area (TPSA) is 55.1 Å². The van der Waals surface area contributed by atoms with E-state index in [4.69, 9.17) is 28.9 Å². The summed E-state index contributed by atoms with van der Waals surface area (Å²) in [7, 11) is 0. The maximum atomic E-state index is 11.9. The number of anilines is 1. The van der Waals surface area contributed by atoms with Crippen molar-refractivity contribution in [3.63, 3.8) is 0 Å². The van der Waals surface area contributed by atoms with Crippen LogP contribution in [-0.2, 0) is 0 Å². The highest BCUT2D eigenvalue weighted by molar-refractivity contribution is 6.39. The van der Waals surface area contributed by atoms with Gasteiger partial charge in [0.1, 0.15) is 0 Å². The van der Waals surface area contributed by atoms with E-state index in [0.717, 1.165) is 0 Å². The summed E-state index contributed by atoms with van der Waals surface area (Å²) >= 11 is 11.7. The van der Waals surface area contributed by atoms with Gasteiger partial charge in [-0.1, -0.05) is 23.2 Å². The van der Waals surface area contributed by atoms with Crippen LogP contribution in [0.25, 0.3) is 0 Å². The number of hydrogen-bond acceptors (Lipinski definition) is 3. The van der Waals surface area contributed by atoms with Crippen LogP contribution >= 0.6 is 48.0 Å². The normalized spacial score (nSPS) is 10.4. The molecule has 1 aromatic carbocycles. The first kappa shape index (κ1) is 21.1. The van der Waals surface area contributed by atoms with Crippen molar-refractivity contribution in [1.82, 2.24) is 5.32 Å². The number of nitrogens with one attached hydrogen (secondary N) is 1. The summed E-state index contributed by atoms with van der Waals surface area (Å²) in [6.45, 7) is 6.20. The molecular formula is C12H18Cl4N2O. The van der Waals surface area contributed by atoms with E-state index in [0.29, 0.717) is 21.3 Å². The Morgan fingerprint density at radius 2 is 1.63 bits per heavy atom. The Morgan fingerprint density at radius 1 is 1.21 bits per heavy atom. The lowest BCUT2D eigenvalue weighted by atomic mass is 10.1. The molecule has 0 saturated carbocycles. The van der Waals surface area contributed by atoms with Crippen molar-refractivity contribution < 1.29 is 4.79 Å². The van der Waals surface area contributed by atoms with E-state index >= 15 is 0 Å². The molecule has 0 spiro atoms. The van der Waals surface area contributed by atoms with Crippen molar-refractivity contribution in [2.75, 3.05) is 12.3 Å². The standard InChI is InChI=1S/C12H16Cl2N2O.2ClH/c1-12(2,3)16-6-10(17)7-4-8(13)11(15)9(14)5-7;;/h4-5,16H,6,15H2,1-3H3;2*1H. The van der Waals surface area contributed by atoms with Crippen LogP contribution in [0.4, 0.5) is 5.69 Å². The third kappa shape index (κ3) is 6.68. The Morgan fingerprint density at radius 3 is 2.00 bits per heavy atom. The van der Waals surface area contributed by atoms with Crippen LogP contribution in [-0.4, -0.2) is 17.9 Å². The van der Waals surface area contributed by atoms with E-state index in [1.54, 1.807) is 0 Å². The van der Waals surface area contributed by atoms with Gasteiger partial charge in [0.25, 0.3) is 0 Å². The maximum Gasteiger partial charge on any atom is 0.176 e. The van der Waals surface area contributed by atoms with E-state index in [-0.39, 0.29) is 42.7 Å². The largest absolute Gasteiger partial charge is 0.396 e. The molecule has 0 amide bonds. The molecule has 3 nitrogen and oxygen atoms in total. The first-order valence-corrected chi connectivity index (χ1v) is 5.99. The summed E-state index contributed by atoms with van der Waals surface area (Å²) in [5.74, 6) is -0.0660. The molecule has 3 N–H and O–H groups in total. The fourth-order valence-electron chi connectivity index (χ4n) is 1.19. The second kappa shape index (κ2) is 8.18. The number of hydrogen-bond donors (Lipinski definition) is 2. The third-order valence-electron chi connectivity index (χ3n) is 2.18. The van der Waals surface area contributed by atoms with Crippen molar-refractivity contribution in [3.05, 3.63) is 27.7 Å². The molecule has 0 radical (unpaired) electrons. The summed E-state index contributed by atoms with van der Waals surface area (Å²) in [5.41, 5.74) is 6.25. The number of carbonyl (C=O) groups is 1. The molecule has 0 bridgehead atoms. The molecule has 1 aromatic rings. The van der Waals surface area contributed by atoms with E-state index in [1.807, 2.05) is 20.8 Å². The molecule has 0 unspecified atom stereocenters. The van der Waals surface area contributed by atoms with Gasteiger partial charge in [-0.3, -0.25) is 4.79 Å². The monoisotopic (exact) mass is 346 g/mol. The minimum Gasteiger partial charge on any atom is -0.396 e.